The van der Waals surface area contributed by atoms with Crippen molar-refractivity contribution < 1.29 is 5.11 Å². The number of halogens is 1. The molecule has 0 radical (unpaired) electrons. The van der Waals surface area contributed by atoms with Crippen LogP contribution in [0.25, 0.3) is 0 Å². The van der Waals surface area contributed by atoms with Gasteiger partial charge in [0, 0.05) is 25.4 Å². The lowest BCUT2D eigenvalue weighted by molar-refractivity contribution is 0.124. The van der Waals surface area contributed by atoms with E-state index in [-0.39, 0.29) is 0 Å². The number of pyridine rings is 1. The van der Waals surface area contributed by atoms with Crippen molar-refractivity contribution in [3.63, 3.8) is 0 Å². The fourth-order valence-electron chi connectivity index (χ4n) is 2.69. The van der Waals surface area contributed by atoms with E-state index >= 15 is 0 Å². The maximum absolute atomic E-state index is 9.14. The third-order valence-electron chi connectivity index (χ3n) is 3.92. The molecule has 0 bridgehead atoms. The number of hydrogen-bond acceptors (Lipinski definition) is 3. The van der Waals surface area contributed by atoms with Crippen LogP contribution in [0.3, 0.4) is 0 Å². The maximum Gasteiger partial charge on any atom is 0.129 e. The Morgan fingerprint density at radius 2 is 2.06 bits per heavy atom. The molecule has 0 aliphatic heterocycles. The van der Waals surface area contributed by atoms with Crippen LogP contribution in [-0.4, -0.2) is 34.7 Å². The standard InChI is InChI=1S/C14H21ClN2O/c1-17(9-12-4-7-14(15)16-8-12)13-5-2-11(10-18)3-6-13/h4,7-8,11,13,18H,2-3,5-6,9-10H2,1H3. The van der Waals surface area contributed by atoms with Gasteiger partial charge in [-0.05, 0) is 50.3 Å². The first-order chi connectivity index (χ1) is 8.69. The molecule has 2 rings (SSSR count). The SMILES string of the molecule is CN(Cc1ccc(Cl)nc1)C1CCC(CO)CC1. The van der Waals surface area contributed by atoms with E-state index in [4.69, 9.17) is 16.7 Å². The zero-order chi connectivity index (χ0) is 13.0. The summed E-state index contributed by atoms with van der Waals surface area (Å²) in [7, 11) is 2.17. The average Bonchev–Trinajstić information content (AvgIpc) is 2.41. The van der Waals surface area contributed by atoms with Crippen LogP contribution in [0.4, 0.5) is 0 Å². The summed E-state index contributed by atoms with van der Waals surface area (Å²) in [6.07, 6.45) is 6.50. The minimum Gasteiger partial charge on any atom is -0.396 e. The van der Waals surface area contributed by atoms with Crippen molar-refractivity contribution in [1.29, 1.82) is 0 Å². The molecule has 1 fully saturated rings. The highest BCUT2D eigenvalue weighted by molar-refractivity contribution is 6.29. The van der Waals surface area contributed by atoms with Gasteiger partial charge in [0.25, 0.3) is 0 Å². The summed E-state index contributed by atoms with van der Waals surface area (Å²) in [5, 5.41) is 9.69. The van der Waals surface area contributed by atoms with Gasteiger partial charge in [-0.3, -0.25) is 4.90 Å². The molecule has 0 spiro atoms. The lowest BCUT2D eigenvalue weighted by Gasteiger charge is -2.34. The largest absolute Gasteiger partial charge is 0.396 e. The van der Waals surface area contributed by atoms with Crippen LogP contribution in [-0.2, 0) is 6.54 Å². The fraction of sp³-hybridized carbons (Fsp3) is 0.643. The molecule has 1 aliphatic carbocycles. The highest BCUT2D eigenvalue weighted by Crippen LogP contribution is 2.27. The smallest absolute Gasteiger partial charge is 0.129 e. The Morgan fingerprint density at radius 1 is 1.33 bits per heavy atom. The van der Waals surface area contributed by atoms with Gasteiger partial charge in [0.05, 0.1) is 0 Å². The third kappa shape index (κ3) is 3.67. The highest BCUT2D eigenvalue weighted by Gasteiger charge is 2.23. The fourth-order valence-corrected chi connectivity index (χ4v) is 2.80. The molecule has 0 atom stereocenters. The number of hydrogen-bond donors (Lipinski definition) is 1. The van der Waals surface area contributed by atoms with Gasteiger partial charge in [-0.25, -0.2) is 4.98 Å². The van der Waals surface area contributed by atoms with Crippen LogP contribution < -0.4 is 0 Å². The molecule has 3 nitrogen and oxygen atoms in total. The van der Waals surface area contributed by atoms with E-state index in [1.54, 1.807) is 0 Å². The second-order valence-electron chi connectivity index (χ2n) is 5.26. The van der Waals surface area contributed by atoms with Gasteiger partial charge in [0.2, 0.25) is 0 Å². The van der Waals surface area contributed by atoms with E-state index in [1.165, 1.54) is 18.4 Å². The Balaban J connectivity index is 1.85. The Hall–Kier alpha value is -0.640. The minimum absolute atomic E-state index is 0.345. The second kappa shape index (κ2) is 6.50. The first kappa shape index (κ1) is 13.8. The van der Waals surface area contributed by atoms with Crippen molar-refractivity contribution >= 4 is 11.6 Å². The maximum atomic E-state index is 9.14. The van der Waals surface area contributed by atoms with Gasteiger partial charge in [-0.2, -0.15) is 0 Å². The summed E-state index contributed by atoms with van der Waals surface area (Å²) in [6, 6.07) is 4.50. The molecule has 1 heterocycles. The van der Waals surface area contributed by atoms with Gasteiger partial charge in [-0.15, -0.1) is 0 Å². The number of nitrogens with zero attached hydrogens (tertiary/aromatic N) is 2. The van der Waals surface area contributed by atoms with Crippen LogP contribution in [0.15, 0.2) is 18.3 Å². The Morgan fingerprint density at radius 3 is 2.61 bits per heavy atom. The Kier molecular flexibility index (Phi) is 4.98. The van der Waals surface area contributed by atoms with Gasteiger partial charge < -0.3 is 5.11 Å². The van der Waals surface area contributed by atoms with E-state index in [0.717, 1.165) is 19.4 Å². The van der Waals surface area contributed by atoms with E-state index in [1.807, 2.05) is 18.3 Å². The monoisotopic (exact) mass is 268 g/mol. The molecule has 0 amide bonds. The lowest BCUT2D eigenvalue weighted by Crippen LogP contribution is -2.35. The Labute approximate surface area is 114 Å². The molecule has 1 N–H and O–H groups in total. The predicted octanol–water partition coefficient (Wildman–Crippen LogP) is 2.72. The molecule has 100 valence electrons. The molecule has 1 saturated carbocycles. The summed E-state index contributed by atoms with van der Waals surface area (Å²) >= 11 is 5.78. The first-order valence-electron chi connectivity index (χ1n) is 6.60. The zero-order valence-corrected chi connectivity index (χ0v) is 11.6. The third-order valence-corrected chi connectivity index (χ3v) is 4.14. The van der Waals surface area contributed by atoms with Crippen molar-refractivity contribution in [3.05, 3.63) is 29.0 Å². The molecule has 18 heavy (non-hydrogen) atoms. The average molecular weight is 269 g/mol. The molecule has 1 aliphatic rings. The molecule has 0 saturated heterocycles. The number of aromatic nitrogens is 1. The van der Waals surface area contributed by atoms with Crippen LogP contribution in [0.2, 0.25) is 5.15 Å². The predicted molar refractivity (Wildman–Crippen MR) is 73.5 cm³/mol. The van der Waals surface area contributed by atoms with Crippen molar-refractivity contribution in [2.24, 2.45) is 5.92 Å². The van der Waals surface area contributed by atoms with Crippen LogP contribution >= 0.6 is 11.6 Å². The first-order valence-corrected chi connectivity index (χ1v) is 6.98. The quantitative estimate of drug-likeness (QED) is 0.853. The van der Waals surface area contributed by atoms with E-state index < -0.39 is 0 Å². The Bertz CT molecular complexity index is 361. The summed E-state index contributed by atoms with van der Waals surface area (Å²) in [4.78, 5) is 6.50. The van der Waals surface area contributed by atoms with Crippen molar-refractivity contribution in [3.8, 4) is 0 Å². The van der Waals surface area contributed by atoms with E-state index in [9.17, 15) is 0 Å². The summed E-state index contributed by atoms with van der Waals surface area (Å²) in [6.45, 7) is 1.26. The normalized spacial score (nSPS) is 24.4. The topological polar surface area (TPSA) is 36.4 Å². The minimum atomic E-state index is 0.345. The van der Waals surface area contributed by atoms with Gasteiger partial charge in [-0.1, -0.05) is 17.7 Å². The summed E-state index contributed by atoms with van der Waals surface area (Å²) in [5.74, 6) is 0.520. The zero-order valence-electron chi connectivity index (χ0n) is 10.8. The molecule has 1 aromatic rings. The van der Waals surface area contributed by atoms with Gasteiger partial charge >= 0.3 is 0 Å². The molecular weight excluding hydrogens is 248 g/mol. The van der Waals surface area contributed by atoms with Gasteiger partial charge in [0.15, 0.2) is 0 Å². The molecule has 0 aromatic carbocycles. The number of aliphatic hydroxyl groups excluding tert-OH is 1. The van der Waals surface area contributed by atoms with Gasteiger partial charge in [0.1, 0.15) is 5.15 Å². The molecule has 1 aromatic heterocycles. The molecule has 4 heteroatoms. The summed E-state index contributed by atoms with van der Waals surface area (Å²) < 4.78 is 0. The second-order valence-corrected chi connectivity index (χ2v) is 5.65. The van der Waals surface area contributed by atoms with Crippen molar-refractivity contribution in [1.82, 2.24) is 9.88 Å². The number of rotatable bonds is 4. The van der Waals surface area contributed by atoms with E-state index in [0.29, 0.717) is 23.7 Å². The lowest BCUT2D eigenvalue weighted by atomic mass is 9.86. The molecule has 0 unspecified atom stereocenters. The molecular formula is C14H21ClN2O. The van der Waals surface area contributed by atoms with E-state index in [2.05, 4.69) is 16.9 Å². The number of aliphatic hydroxyl groups is 1. The summed E-state index contributed by atoms with van der Waals surface area (Å²) in [5.41, 5.74) is 1.20. The highest BCUT2D eigenvalue weighted by atomic mass is 35.5. The van der Waals surface area contributed by atoms with Crippen LogP contribution in [0.5, 0.6) is 0 Å². The van der Waals surface area contributed by atoms with Crippen molar-refractivity contribution in [2.45, 2.75) is 38.3 Å². The van der Waals surface area contributed by atoms with Crippen LogP contribution in [0.1, 0.15) is 31.2 Å². The van der Waals surface area contributed by atoms with Crippen molar-refractivity contribution in [2.75, 3.05) is 13.7 Å². The van der Waals surface area contributed by atoms with Crippen LogP contribution in [0, 0.1) is 5.92 Å².